The summed E-state index contributed by atoms with van der Waals surface area (Å²) >= 11 is 0. The van der Waals surface area contributed by atoms with Crippen molar-refractivity contribution >= 4 is 5.78 Å². The molecule has 0 aliphatic rings. The first-order valence-corrected chi connectivity index (χ1v) is 5.49. The van der Waals surface area contributed by atoms with Gasteiger partial charge in [-0.25, -0.2) is 4.39 Å². The molecule has 0 radical (unpaired) electrons. The molecule has 0 bridgehead atoms. The van der Waals surface area contributed by atoms with E-state index < -0.39 is 0 Å². The predicted octanol–water partition coefficient (Wildman–Crippen LogP) is 2.66. The van der Waals surface area contributed by atoms with Crippen LogP contribution in [-0.2, 0) is 6.54 Å². The van der Waals surface area contributed by atoms with Gasteiger partial charge in [0.05, 0.1) is 18.3 Å². The molecule has 1 aromatic heterocycles. The Kier molecular flexibility index (Phi) is 3.32. The zero-order chi connectivity index (χ0) is 12.3. The summed E-state index contributed by atoms with van der Waals surface area (Å²) in [6.45, 7) is 2.36. The van der Waals surface area contributed by atoms with E-state index in [0.717, 1.165) is 5.56 Å². The van der Waals surface area contributed by atoms with Crippen molar-refractivity contribution in [1.29, 1.82) is 0 Å². The molecule has 0 saturated heterocycles. The summed E-state index contributed by atoms with van der Waals surface area (Å²) < 4.78 is 14.4. The third-order valence-corrected chi connectivity index (χ3v) is 2.53. The van der Waals surface area contributed by atoms with Crippen LogP contribution in [0.2, 0.25) is 0 Å². The molecule has 0 unspecified atom stereocenters. The molecule has 0 aliphatic carbocycles. The van der Waals surface area contributed by atoms with Gasteiger partial charge in [0.1, 0.15) is 5.82 Å². The van der Waals surface area contributed by atoms with Gasteiger partial charge in [0.15, 0.2) is 5.78 Å². The van der Waals surface area contributed by atoms with Gasteiger partial charge in [0.2, 0.25) is 0 Å². The van der Waals surface area contributed by atoms with E-state index >= 15 is 0 Å². The van der Waals surface area contributed by atoms with Crippen molar-refractivity contribution in [3.05, 3.63) is 53.6 Å². The van der Waals surface area contributed by atoms with Crippen molar-refractivity contribution in [2.45, 2.75) is 19.9 Å². The minimum atomic E-state index is -0.254. The quantitative estimate of drug-likeness (QED) is 0.759. The highest BCUT2D eigenvalue weighted by Gasteiger charge is 2.06. The summed E-state index contributed by atoms with van der Waals surface area (Å²) in [5.41, 5.74) is 1.57. The summed E-state index contributed by atoms with van der Waals surface area (Å²) in [6.07, 6.45) is 3.76. The average Bonchev–Trinajstić information content (AvgIpc) is 2.80. The molecule has 17 heavy (non-hydrogen) atoms. The summed E-state index contributed by atoms with van der Waals surface area (Å²) in [4.78, 5) is 11.4. The number of carbonyl (C=O) groups is 1. The van der Waals surface area contributed by atoms with Gasteiger partial charge < -0.3 is 0 Å². The van der Waals surface area contributed by atoms with Gasteiger partial charge in [0, 0.05) is 12.6 Å². The molecular formula is C13H13FN2O. The molecule has 0 fully saturated rings. The minimum Gasteiger partial charge on any atom is -0.294 e. The molecule has 3 nitrogen and oxygen atoms in total. The second-order valence-corrected chi connectivity index (χ2v) is 3.83. The molecule has 1 aromatic carbocycles. The second kappa shape index (κ2) is 4.91. The molecule has 88 valence electrons. The normalized spacial score (nSPS) is 10.5. The topological polar surface area (TPSA) is 34.9 Å². The standard InChI is InChI=1S/C13H13FN2O/c1-2-13(17)11-7-15-16(9-11)8-10-3-5-12(14)6-4-10/h3-7,9H,2,8H2,1H3. The van der Waals surface area contributed by atoms with Crippen molar-refractivity contribution in [2.24, 2.45) is 0 Å². The summed E-state index contributed by atoms with van der Waals surface area (Å²) in [6, 6.07) is 6.24. The van der Waals surface area contributed by atoms with Crippen LogP contribution in [0.5, 0.6) is 0 Å². The summed E-state index contributed by atoms with van der Waals surface area (Å²) in [7, 11) is 0. The molecule has 2 rings (SSSR count). The van der Waals surface area contributed by atoms with E-state index in [1.54, 1.807) is 29.2 Å². The molecular weight excluding hydrogens is 219 g/mol. The van der Waals surface area contributed by atoms with E-state index in [1.165, 1.54) is 12.1 Å². The van der Waals surface area contributed by atoms with Crippen LogP contribution in [0.4, 0.5) is 4.39 Å². The highest BCUT2D eigenvalue weighted by atomic mass is 19.1. The Bertz CT molecular complexity index is 516. The van der Waals surface area contributed by atoms with Crippen molar-refractivity contribution < 1.29 is 9.18 Å². The van der Waals surface area contributed by atoms with Gasteiger partial charge in [-0.05, 0) is 17.7 Å². The second-order valence-electron chi connectivity index (χ2n) is 3.83. The monoisotopic (exact) mass is 232 g/mol. The Labute approximate surface area is 98.9 Å². The van der Waals surface area contributed by atoms with Gasteiger partial charge >= 0.3 is 0 Å². The smallest absolute Gasteiger partial charge is 0.165 e. The minimum absolute atomic E-state index is 0.0790. The number of halogens is 1. The Morgan fingerprint density at radius 2 is 2.06 bits per heavy atom. The molecule has 0 spiro atoms. The molecule has 0 saturated carbocycles. The Morgan fingerprint density at radius 3 is 2.71 bits per heavy atom. The SMILES string of the molecule is CCC(=O)c1cnn(Cc2ccc(F)cc2)c1. The van der Waals surface area contributed by atoms with Crippen molar-refractivity contribution in [2.75, 3.05) is 0 Å². The van der Waals surface area contributed by atoms with Crippen LogP contribution in [0.15, 0.2) is 36.7 Å². The molecule has 0 aliphatic heterocycles. The van der Waals surface area contributed by atoms with E-state index in [4.69, 9.17) is 0 Å². The largest absolute Gasteiger partial charge is 0.294 e. The summed E-state index contributed by atoms with van der Waals surface area (Å²) in [5, 5.41) is 4.11. The van der Waals surface area contributed by atoms with Crippen LogP contribution in [-0.4, -0.2) is 15.6 Å². The Morgan fingerprint density at radius 1 is 1.35 bits per heavy atom. The first kappa shape index (κ1) is 11.5. The van der Waals surface area contributed by atoms with E-state index in [-0.39, 0.29) is 11.6 Å². The maximum absolute atomic E-state index is 12.7. The number of benzene rings is 1. The first-order chi connectivity index (χ1) is 8.19. The molecule has 1 heterocycles. The van der Waals surface area contributed by atoms with Crippen molar-refractivity contribution in [3.63, 3.8) is 0 Å². The fraction of sp³-hybridized carbons (Fsp3) is 0.231. The van der Waals surface area contributed by atoms with Crippen LogP contribution in [0.25, 0.3) is 0 Å². The Balaban J connectivity index is 2.11. The molecule has 0 atom stereocenters. The molecule has 2 aromatic rings. The van der Waals surface area contributed by atoms with E-state index in [1.807, 2.05) is 6.92 Å². The van der Waals surface area contributed by atoms with Gasteiger partial charge in [-0.3, -0.25) is 9.48 Å². The van der Waals surface area contributed by atoms with Crippen molar-refractivity contribution in [3.8, 4) is 0 Å². The summed E-state index contributed by atoms with van der Waals surface area (Å²) in [5.74, 6) is -0.175. The van der Waals surface area contributed by atoms with Crippen LogP contribution in [0, 0.1) is 5.82 Å². The maximum atomic E-state index is 12.7. The fourth-order valence-electron chi connectivity index (χ4n) is 1.58. The third kappa shape index (κ3) is 2.78. The van der Waals surface area contributed by atoms with Gasteiger partial charge in [0.25, 0.3) is 0 Å². The number of ketones is 1. The van der Waals surface area contributed by atoms with E-state index in [9.17, 15) is 9.18 Å². The predicted molar refractivity (Wildman–Crippen MR) is 62.4 cm³/mol. The van der Waals surface area contributed by atoms with E-state index in [2.05, 4.69) is 5.10 Å². The number of carbonyl (C=O) groups excluding carboxylic acids is 1. The van der Waals surface area contributed by atoms with Crippen LogP contribution in [0.3, 0.4) is 0 Å². The van der Waals surface area contributed by atoms with Gasteiger partial charge in [-0.1, -0.05) is 19.1 Å². The van der Waals surface area contributed by atoms with Gasteiger partial charge in [-0.2, -0.15) is 5.10 Å². The lowest BCUT2D eigenvalue weighted by atomic mass is 10.2. The number of nitrogens with zero attached hydrogens (tertiary/aromatic N) is 2. The lowest BCUT2D eigenvalue weighted by Gasteiger charge is -2.01. The molecule has 4 heteroatoms. The Hall–Kier alpha value is -1.97. The number of Topliss-reactive ketones (excluding diaryl/α,β-unsaturated/α-hetero) is 1. The first-order valence-electron chi connectivity index (χ1n) is 5.49. The van der Waals surface area contributed by atoms with Crippen LogP contribution in [0.1, 0.15) is 29.3 Å². The highest BCUT2D eigenvalue weighted by molar-refractivity contribution is 5.95. The molecule has 0 amide bonds. The fourth-order valence-corrected chi connectivity index (χ4v) is 1.58. The molecule has 0 N–H and O–H groups in total. The third-order valence-electron chi connectivity index (χ3n) is 2.53. The number of aromatic nitrogens is 2. The zero-order valence-corrected chi connectivity index (χ0v) is 9.56. The zero-order valence-electron chi connectivity index (χ0n) is 9.56. The number of rotatable bonds is 4. The van der Waals surface area contributed by atoms with E-state index in [0.29, 0.717) is 18.5 Å². The maximum Gasteiger partial charge on any atom is 0.165 e. The number of hydrogen-bond acceptors (Lipinski definition) is 2. The van der Waals surface area contributed by atoms with Crippen molar-refractivity contribution in [1.82, 2.24) is 9.78 Å². The van der Waals surface area contributed by atoms with Crippen LogP contribution >= 0.6 is 0 Å². The highest BCUT2D eigenvalue weighted by Crippen LogP contribution is 2.07. The number of hydrogen-bond donors (Lipinski definition) is 0. The van der Waals surface area contributed by atoms with Gasteiger partial charge in [-0.15, -0.1) is 0 Å². The lowest BCUT2D eigenvalue weighted by molar-refractivity contribution is 0.0988. The average molecular weight is 232 g/mol. The lowest BCUT2D eigenvalue weighted by Crippen LogP contribution is -2.00. The van der Waals surface area contributed by atoms with Crippen LogP contribution < -0.4 is 0 Å².